The molecule has 0 aromatic heterocycles. The molecule has 0 heterocycles. The number of nitrogens with one attached hydrogen (secondary N) is 1. The molecule has 2 fully saturated rings. The average Bonchev–Trinajstić information content (AvgIpc) is 2.72. The van der Waals surface area contributed by atoms with Gasteiger partial charge in [-0.05, 0) is 54.9 Å². The van der Waals surface area contributed by atoms with E-state index in [-0.39, 0.29) is 0 Å². The topological polar surface area (TPSA) is 12.0 Å². The standard InChI is InChI=1S/C17H33N/c1-13(2)8-6-7-11-18-15-16(3,4)14-9-10-17(15,5)12-14/h13-15,18H,6-12H2,1-5H3. The summed E-state index contributed by atoms with van der Waals surface area (Å²) in [4.78, 5) is 0. The molecule has 18 heavy (non-hydrogen) atoms. The molecule has 106 valence electrons. The van der Waals surface area contributed by atoms with Crippen molar-refractivity contribution in [3.63, 3.8) is 0 Å². The zero-order chi connectivity index (χ0) is 13.4. The summed E-state index contributed by atoms with van der Waals surface area (Å²) in [6.45, 7) is 13.4. The minimum Gasteiger partial charge on any atom is -0.313 e. The first kappa shape index (κ1) is 14.4. The van der Waals surface area contributed by atoms with Gasteiger partial charge in [0.05, 0.1) is 0 Å². The highest BCUT2D eigenvalue weighted by atomic mass is 15.0. The second-order valence-corrected chi connectivity index (χ2v) is 8.19. The van der Waals surface area contributed by atoms with Crippen LogP contribution in [-0.4, -0.2) is 12.6 Å². The molecule has 2 aliphatic carbocycles. The first-order chi connectivity index (χ1) is 8.36. The summed E-state index contributed by atoms with van der Waals surface area (Å²) in [6, 6.07) is 0.753. The Morgan fingerprint density at radius 1 is 1.17 bits per heavy atom. The van der Waals surface area contributed by atoms with Crippen molar-refractivity contribution in [1.29, 1.82) is 0 Å². The van der Waals surface area contributed by atoms with Gasteiger partial charge in [0, 0.05) is 6.04 Å². The number of fused-ring (bicyclic) bond motifs is 2. The molecule has 0 amide bonds. The van der Waals surface area contributed by atoms with Crippen LogP contribution in [0.3, 0.4) is 0 Å². The zero-order valence-electron chi connectivity index (χ0n) is 13.2. The van der Waals surface area contributed by atoms with E-state index in [0.717, 1.165) is 17.9 Å². The van der Waals surface area contributed by atoms with Gasteiger partial charge in [-0.15, -0.1) is 0 Å². The monoisotopic (exact) mass is 251 g/mol. The van der Waals surface area contributed by atoms with Crippen LogP contribution in [0.5, 0.6) is 0 Å². The molecule has 2 rings (SSSR count). The summed E-state index contributed by atoms with van der Waals surface area (Å²) in [5.74, 6) is 1.83. The second-order valence-electron chi connectivity index (χ2n) is 8.19. The van der Waals surface area contributed by atoms with Crippen LogP contribution in [0.1, 0.15) is 73.1 Å². The Labute approximate surface area is 114 Å². The van der Waals surface area contributed by atoms with Gasteiger partial charge in [0.15, 0.2) is 0 Å². The molecule has 0 aromatic rings. The van der Waals surface area contributed by atoms with Crippen molar-refractivity contribution in [3.05, 3.63) is 0 Å². The van der Waals surface area contributed by atoms with Gasteiger partial charge in [-0.1, -0.05) is 47.5 Å². The molecule has 0 aromatic carbocycles. The fraction of sp³-hybridized carbons (Fsp3) is 1.00. The highest BCUT2D eigenvalue weighted by molar-refractivity contribution is 5.11. The maximum Gasteiger partial charge on any atom is 0.0175 e. The quantitative estimate of drug-likeness (QED) is 0.679. The van der Waals surface area contributed by atoms with Crippen LogP contribution in [0, 0.1) is 22.7 Å². The molecule has 0 radical (unpaired) electrons. The largest absolute Gasteiger partial charge is 0.313 e. The van der Waals surface area contributed by atoms with Crippen LogP contribution in [0.25, 0.3) is 0 Å². The van der Waals surface area contributed by atoms with Gasteiger partial charge in [-0.3, -0.25) is 0 Å². The Bertz CT molecular complexity index is 277. The smallest absolute Gasteiger partial charge is 0.0175 e. The van der Waals surface area contributed by atoms with Crippen molar-refractivity contribution in [1.82, 2.24) is 5.32 Å². The number of hydrogen-bond acceptors (Lipinski definition) is 1. The predicted octanol–water partition coefficient (Wildman–Crippen LogP) is 4.62. The Morgan fingerprint density at radius 2 is 1.89 bits per heavy atom. The fourth-order valence-electron chi connectivity index (χ4n) is 4.74. The first-order valence-corrected chi connectivity index (χ1v) is 8.09. The van der Waals surface area contributed by atoms with Crippen molar-refractivity contribution in [2.75, 3.05) is 6.54 Å². The maximum absolute atomic E-state index is 3.92. The lowest BCUT2D eigenvalue weighted by Gasteiger charge is -2.43. The van der Waals surface area contributed by atoms with Gasteiger partial charge in [0.1, 0.15) is 0 Å². The minimum absolute atomic E-state index is 0.519. The van der Waals surface area contributed by atoms with E-state index in [1.54, 1.807) is 0 Å². The Balaban J connectivity index is 1.78. The maximum atomic E-state index is 3.92. The van der Waals surface area contributed by atoms with E-state index in [2.05, 4.69) is 39.9 Å². The van der Waals surface area contributed by atoms with Gasteiger partial charge < -0.3 is 5.32 Å². The number of hydrogen-bond donors (Lipinski definition) is 1. The van der Waals surface area contributed by atoms with Gasteiger partial charge in [0.2, 0.25) is 0 Å². The lowest BCUT2D eigenvalue weighted by Crippen LogP contribution is -2.50. The van der Waals surface area contributed by atoms with Crippen LogP contribution < -0.4 is 5.32 Å². The van der Waals surface area contributed by atoms with Gasteiger partial charge in [-0.2, -0.15) is 0 Å². The molecule has 3 unspecified atom stereocenters. The van der Waals surface area contributed by atoms with Crippen LogP contribution in [0.15, 0.2) is 0 Å². The minimum atomic E-state index is 0.519. The van der Waals surface area contributed by atoms with Crippen LogP contribution in [0.2, 0.25) is 0 Å². The molecule has 2 bridgehead atoms. The van der Waals surface area contributed by atoms with E-state index in [4.69, 9.17) is 0 Å². The van der Waals surface area contributed by atoms with Crippen LogP contribution in [-0.2, 0) is 0 Å². The SMILES string of the molecule is CC(C)CCCCNC1C2(C)CCC(C2)C1(C)C. The molecule has 1 heteroatoms. The third kappa shape index (κ3) is 2.61. The van der Waals surface area contributed by atoms with Gasteiger partial charge >= 0.3 is 0 Å². The van der Waals surface area contributed by atoms with E-state index in [1.165, 1.54) is 45.1 Å². The zero-order valence-corrected chi connectivity index (χ0v) is 13.2. The van der Waals surface area contributed by atoms with E-state index in [9.17, 15) is 0 Å². The summed E-state index contributed by atoms with van der Waals surface area (Å²) in [7, 11) is 0. The lowest BCUT2D eigenvalue weighted by molar-refractivity contribution is 0.109. The summed E-state index contributed by atoms with van der Waals surface area (Å²) < 4.78 is 0. The third-order valence-electron chi connectivity index (χ3n) is 5.83. The summed E-state index contributed by atoms with van der Waals surface area (Å²) in [5, 5.41) is 3.92. The van der Waals surface area contributed by atoms with E-state index >= 15 is 0 Å². The summed E-state index contributed by atoms with van der Waals surface area (Å²) in [5.41, 5.74) is 1.11. The highest BCUT2D eigenvalue weighted by Crippen LogP contribution is 2.62. The number of unbranched alkanes of at least 4 members (excludes halogenated alkanes) is 1. The Morgan fingerprint density at radius 3 is 2.44 bits per heavy atom. The average molecular weight is 251 g/mol. The van der Waals surface area contributed by atoms with Crippen molar-refractivity contribution in [3.8, 4) is 0 Å². The molecule has 0 saturated heterocycles. The van der Waals surface area contributed by atoms with Crippen molar-refractivity contribution in [2.24, 2.45) is 22.7 Å². The van der Waals surface area contributed by atoms with Crippen molar-refractivity contribution < 1.29 is 0 Å². The van der Waals surface area contributed by atoms with E-state index < -0.39 is 0 Å². The van der Waals surface area contributed by atoms with Crippen molar-refractivity contribution >= 4 is 0 Å². The lowest BCUT2D eigenvalue weighted by atomic mass is 9.68. The molecule has 2 saturated carbocycles. The molecular formula is C17H33N. The van der Waals surface area contributed by atoms with Crippen LogP contribution in [0.4, 0.5) is 0 Å². The molecule has 2 aliphatic rings. The first-order valence-electron chi connectivity index (χ1n) is 8.09. The molecule has 1 nitrogen and oxygen atoms in total. The molecule has 0 spiro atoms. The van der Waals surface area contributed by atoms with Gasteiger partial charge in [-0.25, -0.2) is 0 Å². The summed E-state index contributed by atoms with van der Waals surface area (Å²) >= 11 is 0. The van der Waals surface area contributed by atoms with Crippen LogP contribution >= 0.6 is 0 Å². The number of rotatable bonds is 6. The summed E-state index contributed by atoms with van der Waals surface area (Å²) in [6.07, 6.45) is 8.50. The fourth-order valence-corrected chi connectivity index (χ4v) is 4.74. The van der Waals surface area contributed by atoms with E-state index in [0.29, 0.717) is 10.8 Å². The third-order valence-corrected chi connectivity index (χ3v) is 5.83. The predicted molar refractivity (Wildman–Crippen MR) is 79.7 cm³/mol. The normalized spacial score (nSPS) is 37.7. The molecule has 3 atom stereocenters. The Hall–Kier alpha value is -0.0400. The van der Waals surface area contributed by atoms with Gasteiger partial charge in [0.25, 0.3) is 0 Å². The Kier molecular flexibility index (Phi) is 4.11. The second kappa shape index (κ2) is 5.15. The molecular weight excluding hydrogens is 218 g/mol. The van der Waals surface area contributed by atoms with Crippen molar-refractivity contribution in [2.45, 2.75) is 79.2 Å². The molecule has 1 N–H and O–H groups in total. The van der Waals surface area contributed by atoms with E-state index in [1.807, 2.05) is 0 Å². The molecule has 0 aliphatic heterocycles. The highest BCUT2D eigenvalue weighted by Gasteiger charge is 2.58.